The van der Waals surface area contributed by atoms with E-state index in [0.717, 1.165) is 25.9 Å². The number of hydrogen-bond donors (Lipinski definition) is 2. The highest BCUT2D eigenvalue weighted by atomic mass is 19.1. The van der Waals surface area contributed by atoms with Crippen molar-refractivity contribution in [2.75, 3.05) is 42.3 Å². The highest BCUT2D eigenvalue weighted by molar-refractivity contribution is 5.89. The molecule has 0 radical (unpaired) electrons. The number of aromatic nitrogens is 3. The van der Waals surface area contributed by atoms with E-state index in [0.29, 0.717) is 29.0 Å². The molecule has 2 N–H and O–H groups in total. The molecule has 1 fully saturated rings. The van der Waals surface area contributed by atoms with Crippen molar-refractivity contribution >= 4 is 23.6 Å². The van der Waals surface area contributed by atoms with Crippen LogP contribution in [0.25, 0.3) is 0 Å². The number of benzene rings is 1. The van der Waals surface area contributed by atoms with Crippen LogP contribution in [-0.4, -0.2) is 48.2 Å². The first kappa shape index (κ1) is 19.8. The monoisotopic (exact) mass is 387 g/mol. The van der Waals surface area contributed by atoms with E-state index in [2.05, 4.69) is 30.5 Å². The van der Waals surface area contributed by atoms with Crippen LogP contribution in [0.2, 0.25) is 0 Å². The van der Waals surface area contributed by atoms with Crippen LogP contribution in [0.15, 0.2) is 18.2 Å². The minimum absolute atomic E-state index is 0.143. The van der Waals surface area contributed by atoms with Gasteiger partial charge in [-0.2, -0.15) is 15.0 Å². The highest BCUT2D eigenvalue weighted by Crippen LogP contribution is 2.18. The number of nitrogens with one attached hydrogen (secondary N) is 2. The number of hydrogen-bond acceptors (Lipinski definition) is 6. The Hall–Kier alpha value is -2.97. The first-order valence-corrected chi connectivity index (χ1v) is 9.40. The number of aryl methyl sites for hydroxylation is 1. The van der Waals surface area contributed by atoms with Crippen LogP contribution in [-0.2, 0) is 6.54 Å². The molecular weight excluding hydrogens is 361 g/mol. The lowest BCUT2D eigenvalue weighted by atomic mass is 10.1. The molecule has 3 rings (SSSR count). The van der Waals surface area contributed by atoms with Crippen LogP contribution in [0.4, 0.5) is 26.8 Å². The molecule has 1 aliphatic rings. The fourth-order valence-electron chi connectivity index (χ4n) is 2.91. The van der Waals surface area contributed by atoms with Gasteiger partial charge in [-0.3, -0.25) is 0 Å². The van der Waals surface area contributed by atoms with Crippen LogP contribution in [0.1, 0.15) is 30.7 Å². The van der Waals surface area contributed by atoms with E-state index >= 15 is 0 Å². The third kappa shape index (κ3) is 5.05. The Labute approximate surface area is 164 Å². The van der Waals surface area contributed by atoms with Crippen LogP contribution < -0.4 is 20.4 Å². The first-order chi connectivity index (χ1) is 13.4. The van der Waals surface area contributed by atoms with E-state index in [-0.39, 0.29) is 12.4 Å². The van der Waals surface area contributed by atoms with Crippen LogP contribution in [0, 0.1) is 12.7 Å². The van der Waals surface area contributed by atoms with Crippen molar-refractivity contribution < 1.29 is 9.18 Å². The van der Waals surface area contributed by atoms with Crippen molar-refractivity contribution in [2.45, 2.75) is 32.7 Å². The molecule has 0 bridgehead atoms. The largest absolute Gasteiger partial charge is 0.347 e. The Balaban J connectivity index is 1.67. The second-order valence-electron chi connectivity index (χ2n) is 7.07. The second kappa shape index (κ2) is 8.81. The quantitative estimate of drug-likeness (QED) is 0.820. The van der Waals surface area contributed by atoms with Gasteiger partial charge in [0.05, 0.1) is 6.54 Å². The Bertz CT molecular complexity index is 837. The summed E-state index contributed by atoms with van der Waals surface area (Å²) in [6, 6.07) is 4.11. The van der Waals surface area contributed by atoms with Gasteiger partial charge in [-0.05, 0) is 43.9 Å². The Morgan fingerprint density at radius 1 is 1.18 bits per heavy atom. The first-order valence-electron chi connectivity index (χ1n) is 9.40. The zero-order valence-electron chi connectivity index (χ0n) is 16.5. The number of halogens is 1. The van der Waals surface area contributed by atoms with Gasteiger partial charge < -0.3 is 20.4 Å². The molecule has 1 aromatic carbocycles. The van der Waals surface area contributed by atoms with E-state index in [1.165, 1.54) is 12.5 Å². The summed E-state index contributed by atoms with van der Waals surface area (Å²) in [5.41, 5.74) is 0.914. The normalized spacial score (nSPS) is 13.9. The average Bonchev–Trinajstić information content (AvgIpc) is 2.69. The molecule has 1 aliphatic heterocycles. The van der Waals surface area contributed by atoms with Crippen molar-refractivity contribution in [3.63, 3.8) is 0 Å². The Morgan fingerprint density at radius 2 is 1.93 bits per heavy atom. The molecule has 0 unspecified atom stereocenters. The smallest absolute Gasteiger partial charge is 0.319 e. The summed E-state index contributed by atoms with van der Waals surface area (Å²) in [6.07, 6.45) is 3.45. The van der Waals surface area contributed by atoms with Crippen molar-refractivity contribution in [1.82, 2.24) is 20.3 Å². The predicted molar refractivity (Wildman–Crippen MR) is 107 cm³/mol. The Kier molecular flexibility index (Phi) is 6.23. The van der Waals surface area contributed by atoms with Crippen LogP contribution in [0.5, 0.6) is 0 Å². The van der Waals surface area contributed by atoms with E-state index in [1.54, 1.807) is 19.1 Å². The topological polar surface area (TPSA) is 86.3 Å². The molecule has 0 atom stereocenters. The lowest BCUT2D eigenvalue weighted by molar-refractivity contribution is 0.251. The number of anilines is 3. The van der Waals surface area contributed by atoms with Gasteiger partial charge in [-0.1, -0.05) is 6.07 Å². The molecule has 2 aromatic rings. The fraction of sp³-hybridized carbons (Fsp3) is 0.474. The van der Waals surface area contributed by atoms with Gasteiger partial charge in [0.15, 0.2) is 5.82 Å². The van der Waals surface area contributed by atoms with Crippen LogP contribution >= 0.6 is 0 Å². The van der Waals surface area contributed by atoms with E-state index in [4.69, 9.17) is 0 Å². The van der Waals surface area contributed by atoms with Gasteiger partial charge in [-0.25, -0.2) is 9.18 Å². The molecule has 8 nitrogen and oxygen atoms in total. The molecule has 1 aromatic heterocycles. The van der Waals surface area contributed by atoms with Gasteiger partial charge in [0.2, 0.25) is 11.9 Å². The fourth-order valence-corrected chi connectivity index (χ4v) is 2.91. The van der Waals surface area contributed by atoms with Gasteiger partial charge in [0.25, 0.3) is 0 Å². The number of rotatable bonds is 5. The summed E-state index contributed by atoms with van der Waals surface area (Å²) in [7, 11) is 3.73. The minimum Gasteiger partial charge on any atom is -0.347 e. The van der Waals surface area contributed by atoms with Crippen molar-refractivity contribution in [3.05, 3.63) is 35.4 Å². The maximum atomic E-state index is 13.6. The maximum Gasteiger partial charge on any atom is 0.319 e. The number of carbonyl (C=O) groups is 1. The second-order valence-corrected chi connectivity index (χ2v) is 7.07. The van der Waals surface area contributed by atoms with Gasteiger partial charge in [-0.15, -0.1) is 0 Å². The zero-order chi connectivity index (χ0) is 20.1. The van der Waals surface area contributed by atoms with Crippen molar-refractivity contribution in [1.29, 1.82) is 0 Å². The summed E-state index contributed by atoms with van der Waals surface area (Å²) < 4.78 is 13.6. The lowest BCUT2D eigenvalue weighted by Gasteiger charge is -2.27. The van der Waals surface area contributed by atoms with E-state index in [9.17, 15) is 9.18 Å². The molecule has 0 saturated carbocycles. The highest BCUT2D eigenvalue weighted by Gasteiger charge is 2.17. The number of urea groups is 1. The summed E-state index contributed by atoms with van der Waals surface area (Å²) in [5.74, 6) is 1.30. The lowest BCUT2D eigenvalue weighted by Crippen LogP contribution is -2.33. The third-order valence-electron chi connectivity index (χ3n) is 4.53. The minimum atomic E-state index is -0.449. The Morgan fingerprint density at radius 3 is 2.61 bits per heavy atom. The zero-order valence-corrected chi connectivity index (χ0v) is 16.5. The summed E-state index contributed by atoms with van der Waals surface area (Å²) in [5, 5.41) is 5.33. The number of nitrogens with zero attached hydrogens (tertiary/aromatic N) is 5. The molecule has 150 valence electrons. The summed E-state index contributed by atoms with van der Waals surface area (Å²) >= 11 is 0. The molecular formula is C19H26FN7O. The van der Waals surface area contributed by atoms with Crippen molar-refractivity contribution in [3.8, 4) is 0 Å². The number of carbonyl (C=O) groups excluding carboxylic acids is 1. The number of piperidine rings is 1. The SMILES string of the molecule is Cc1ccc(NC(=O)NCc2nc(N(C)C)nc(N3CCCCC3)n2)cc1F. The summed E-state index contributed by atoms with van der Waals surface area (Å²) in [6.45, 7) is 3.65. The molecule has 9 heteroatoms. The maximum absolute atomic E-state index is 13.6. The molecule has 0 aliphatic carbocycles. The van der Waals surface area contributed by atoms with Gasteiger partial charge in [0.1, 0.15) is 5.82 Å². The molecule has 2 amide bonds. The number of amides is 2. The standard InChI is InChI=1S/C19H26FN7O/c1-13-7-8-14(11-15(13)20)22-19(28)21-12-16-23-17(26(2)3)25-18(24-16)27-9-5-4-6-10-27/h7-8,11H,4-6,9-10,12H2,1-3H3,(H2,21,22,28). The molecule has 1 saturated heterocycles. The van der Waals surface area contributed by atoms with Gasteiger partial charge in [0, 0.05) is 32.9 Å². The van der Waals surface area contributed by atoms with E-state index < -0.39 is 6.03 Å². The van der Waals surface area contributed by atoms with Crippen molar-refractivity contribution in [2.24, 2.45) is 0 Å². The molecule has 28 heavy (non-hydrogen) atoms. The van der Waals surface area contributed by atoms with E-state index in [1.807, 2.05) is 19.0 Å². The molecule has 2 heterocycles. The average molecular weight is 387 g/mol. The molecule has 0 spiro atoms. The predicted octanol–water partition coefficient (Wildman–Crippen LogP) is 2.70. The third-order valence-corrected chi connectivity index (χ3v) is 4.53. The summed E-state index contributed by atoms with van der Waals surface area (Å²) in [4.78, 5) is 29.6. The van der Waals surface area contributed by atoms with Crippen LogP contribution in [0.3, 0.4) is 0 Å². The van der Waals surface area contributed by atoms with Gasteiger partial charge >= 0.3 is 6.03 Å².